The lowest BCUT2D eigenvalue weighted by Crippen LogP contribution is -2.41. The Kier molecular flexibility index (Phi) is 4.08. The lowest BCUT2D eigenvalue weighted by molar-refractivity contribution is -0.156. The van der Waals surface area contributed by atoms with Gasteiger partial charge in [-0.05, 0) is 30.6 Å². The number of hydrogen-bond acceptors (Lipinski definition) is 3. The summed E-state index contributed by atoms with van der Waals surface area (Å²) in [5.74, 6) is 0.227. The first-order valence-corrected chi connectivity index (χ1v) is 7.65. The van der Waals surface area contributed by atoms with E-state index in [1.165, 1.54) is 0 Å². The number of allylic oxidation sites excluding steroid dienone is 2. The molecule has 0 aromatic rings. The van der Waals surface area contributed by atoms with Crippen LogP contribution >= 0.6 is 0 Å². The Bertz CT molecular complexity index is 436. The molecule has 2 rings (SSSR count). The summed E-state index contributed by atoms with van der Waals surface area (Å²) in [6.45, 7) is 8.11. The molecule has 0 bridgehead atoms. The number of esters is 1. The van der Waals surface area contributed by atoms with E-state index in [4.69, 9.17) is 4.74 Å². The van der Waals surface area contributed by atoms with Gasteiger partial charge in [-0.25, -0.2) is 0 Å². The minimum absolute atomic E-state index is 0.00896. The molecule has 2 aliphatic carbocycles. The number of ether oxygens (including phenoxy) is 1. The van der Waals surface area contributed by atoms with Crippen molar-refractivity contribution in [1.29, 1.82) is 0 Å². The van der Waals surface area contributed by atoms with E-state index in [-0.39, 0.29) is 29.7 Å². The van der Waals surface area contributed by atoms with E-state index in [0.717, 1.165) is 25.7 Å². The first-order chi connectivity index (χ1) is 9.28. The van der Waals surface area contributed by atoms with Crippen LogP contribution in [0, 0.1) is 22.7 Å². The molecule has 0 N–H and O–H groups in total. The van der Waals surface area contributed by atoms with Gasteiger partial charge in [0, 0.05) is 5.41 Å². The van der Waals surface area contributed by atoms with Crippen molar-refractivity contribution < 1.29 is 14.3 Å². The van der Waals surface area contributed by atoms with Crippen LogP contribution in [-0.4, -0.2) is 18.4 Å². The molecular weight excluding hydrogens is 252 g/mol. The molecule has 0 saturated heterocycles. The van der Waals surface area contributed by atoms with Gasteiger partial charge < -0.3 is 4.74 Å². The van der Waals surface area contributed by atoms with Crippen molar-refractivity contribution in [2.45, 2.75) is 53.4 Å². The first-order valence-electron chi connectivity index (χ1n) is 7.65. The van der Waals surface area contributed by atoms with Gasteiger partial charge in [0.05, 0.1) is 5.92 Å². The summed E-state index contributed by atoms with van der Waals surface area (Å²) >= 11 is 0. The average molecular weight is 278 g/mol. The lowest BCUT2D eigenvalue weighted by atomic mass is 9.66. The van der Waals surface area contributed by atoms with Crippen LogP contribution in [0.5, 0.6) is 0 Å². The molecule has 0 heterocycles. The number of hydrogen-bond donors (Lipinski definition) is 0. The van der Waals surface area contributed by atoms with Crippen LogP contribution in [0.15, 0.2) is 12.2 Å². The van der Waals surface area contributed by atoms with E-state index in [9.17, 15) is 9.59 Å². The van der Waals surface area contributed by atoms with Gasteiger partial charge in [-0.1, -0.05) is 46.3 Å². The van der Waals surface area contributed by atoms with Crippen molar-refractivity contribution in [2.24, 2.45) is 22.7 Å². The van der Waals surface area contributed by atoms with Gasteiger partial charge >= 0.3 is 5.97 Å². The van der Waals surface area contributed by atoms with Gasteiger partial charge in [-0.2, -0.15) is 0 Å². The standard InChI is InChI=1S/C17H26O3/c1-12-7-5-8-13(12)15(19)20-11-14(18)17(4)10-6-9-16(17,2)3/h6,9,12-13H,5,7-8,10-11H2,1-4H3/t12-,13?,17-/m1/s1. The second-order valence-corrected chi connectivity index (χ2v) is 7.21. The number of ketones is 1. The molecule has 20 heavy (non-hydrogen) atoms. The maximum absolute atomic E-state index is 12.5. The summed E-state index contributed by atoms with van der Waals surface area (Å²) in [6.07, 6.45) is 7.95. The SMILES string of the molecule is C[C@@H]1CCCC1C(=O)OCC(=O)[C@@]1(C)CC=CC1(C)C. The van der Waals surface area contributed by atoms with Crippen LogP contribution in [0.2, 0.25) is 0 Å². The Hall–Kier alpha value is -1.12. The van der Waals surface area contributed by atoms with E-state index >= 15 is 0 Å². The molecule has 2 aliphatic rings. The molecule has 3 atom stereocenters. The highest BCUT2D eigenvalue weighted by atomic mass is 16.5. The molecule has 0 spiro atoms. The molecule has 0 aliphatic heterocycles. The van der Waals surface area contributed by atoms with Crippen molar-refractivity contribution in [3.63, 3.8) is 0 Å². The molecule has 0 aromatic heterocycles. The van der Waals surface area contributed by atoms with E-state index in [2.05, 4.69) is 32.9 Å². The molecule has 0 radical (unpaired) electrons. The minimum Gasteiger partial charge on any atom is -0.457 e. The van der Waals surface area contributed by atoms with E-state index in [1.54, 1.807) is 0 Å². The van der Waals surface area contributed by atoms with Gasteiger partial charge in [0.2, 0.25) is 0 Å². The Morgan fingerprint density at radius 1 is 1.25 bits per heavy atom. The lowest BCUT2D eigenvalue weighted by Gasteiger charge is -2.36. The highest BCUT2D eigenvalue weighted by Gasteiger charge is 2.47. The van der Waals surface area contributed by atoms with Crippen molar-refractivity contribution in [3.05, 3.63) is 12.2 Å². The maximum atomic E-state index is 12.5. The van der Waals surface area contributed by atoms with Crippen LogP contribution in [0.1, 0.15) is 53.4 Å². The summed E-state index contributed by atoms with van der Waals surface area (Å²) in [5.41, 5.74) is -0.619. The Morgan fingerprint density at radius 2 is 1.95 bits per heavy atom. The molecule has 0 amide bonds. The normalized spacial score (nSPS) is 35.2. The Labute approximate surface area is 121 Å². The van der Waals surface area contributed by atoms with Crippen molar-refractivity contribution in [3.8, 4) is 0 Å². The molecule has 1 fully saturated rings. The van der Waals surface area contributed by atoms with Crippen molar-refractivity contribution in [2.75, 3.05) is 6.61 Å². The van der Waals surface area contributed by atoms with Gasteiger partial charge in [0.1, 0.15) is 0 Å². The van der Waals surface area contributed by atoms with E-state index in [0.29, 0.717) is 5.92 Å². The predicted molar refractivity (Wildman–Crippen MR) is 78.1 cm³/mol. The third kappa shape index (κ3) is 2.55. The monoisotopic (exact) mass is 278 g/mol. The van der Waals surface area contributed by atoms with Crippen molar-refractivity contribution >= 4 is 11.8 Å². The first kappa shape index (κ1) is 15.3. The quantitative estimate of drug-likeness (QED) is 0.583. The number of rotatable bonds is 4. The molecule has 3 heteroatoms. The summed E-state index contributed by atoms with van der Waals surface area (Å²) in [6, 6.07) is 0. The van der Waals surface area contributed by atoms with Gasteiger partial charge in [-0.3, -0.25) is 9.59 Å². The van der Waals surface area contributed by atoms with Crippen LogP contribution in [0.3, 0.4) is 0 Å². The minimum atomic E-state index is -0.450. The van der Waals surface area contributed by atoms with Gasteiger partial charge in [0.15, 0.2) is 12.4 Å². The summed E-state index contributed by atoms with van der Waals surface area (Å²) in [4.78, 5) is 24.5. The second kappa shape index (κ2) is 5.34. The number of carbonyl (C=O) groups is 2. The van der Waals surface area contributed by atoms with Crippen LogP contribution < -0.4 is 0 Å². The maximum Gasteiger partial charge on any atom is 0.309 e. The fourth-order valence-electron chi connectivity index (χ4n) is 3.41. The topological polar surface area (TPSA) is 43.4 Å². The third-order valence-corrected chi connectivity index (χ3v) is 5.61. The number of Topliss-reactive ketones (excluding diaryl/α,β-unsaturated/α-hetero) is 1. The van der Waals surface area contributed by atoms with Gasteiger partial charge in [-0.15, -0.1) is 0 Å². The fraction of sp³-hybridized carbons (Fsp3) is 0.765. The summed E-state index contributed by atoms with van der Waals surface area (Å²) in [5, 5.41) is 0. The zero-order valence-electron chi connectivity index (χ0n) is 13.1. The third-order valence-electron chi connectivity index (χ3n) is 5.61. The second-order valence-electron chi connectivity index (χ2n) is 7.21. The summed E-state index contributed by atoms with van der Waals surface area (Å²) < 4.78 is 5.31. The molecule has 1 unspecified atom stereocenters. The van der Waals surface area contributed by atoms with E-state index < -0.39 is 5.41 Å². The Balaban J connectivity index is 1.91. The molecule has 1 saturated carbocycles. The highest BCUT2D eigenvalue weighted by molar-refractivity contribution is 5.89. The largest absolute Gasteiger partial charge is 0.457 e. The fourth-order valence-corrected chi connectivity index (χ4v) is 3.41. The van der Waals surface area contributed by atoms with Gasteiger partial charge in [0.25, 0.3) is 0 Å². The molecular formula is C17H26O3. The zero-order valence-corrected chi connectivity index (χ0v) is 13.1. The number of carbonyl (C=O) groups excluding carboxylic acids is 2. The molecule has 0 aromatic carbocycles. The molecule has 112 valence electrons. The highest BCUT2D eigenvalue weighted by Crippen LogP contribution is 2.48. The summed E-state index contributed by atoms with van der Waals surface area (Å²) in [7, 11) is 0. The zero-order chi connectivity index (χ0) is 15.0. The van der Waals surface area contributed by atoms with Crippen LogP contribution in [-0.2, 0) is 14.3 Å². The van der Waals surface area contributed by atoms with E-state index in [1.807, 2.05) is 6.92 Å². The predicted octanol–water partition coefficient (Wildman–Crippen LogP) is 3.53. The van der Waals surface area contributed by atoms with Crippen LogP contribution in [0.4, 0.5) is 0 Å². The van der Waals surface area contributed by atoms with Crippen LogP contribution in [0.25, 0.3) is 0 Å². The van der Waals surface area contributed by atoms with Crippen molar-refractivity contribution in [1.82, 2.24) is 0 Å². The Morgan fingerprint density at radius 3 is 2.45 bits per heavy atom. The average Bonchev–Trinajstić information content (AvgIpc) is 2.91. The smallest absolute Gasteiger partial charge is 0.309 e. The molecule has 3 nitrogen and oxygen atoms in total.